The molecule has 0 saturated carbocycles. The van der Waals surface area contributed by atoms with Crippen molar-refractivity contribution in [3.63, 3.8) is 0 Å². The molecule has 0 aliphatic carbocycles. The largest absolute Gasteiger partial charge is 0.390 e. The topological polar surface area (TPSA) is 106 Å². The summed E-state index contributed by atoms with van der Waals surface area (Å²) in [7, 11) is 0. The van der Waals surface area contributed by atoms with Crippen LogP contribution < -0.4 is 0 Å². The monoisotopic (exact) mass is 255 g/mol. The van der Waals surface area contributed by atoms with Crippen LogP contribution in [-0.2, 0) is 0 Å². The van der Waals surface area contributed by atoms with E-state index in [1.807, 2.05) is 0 Å². The zero-order valence-corrected chi connectivity index (χ0v) is 9.45. The molecule has 1 rings (SSSR count). The SMILES string of the molecule is [N-]=[N+]=NCC(O)C(O)c1ccc(Cl)c(C=O)c1. The minimum absolute atomic E-state index is 0.221. The van der Waals surface area contributed by atoms with E-state index in [2.05, 4.69) is 10.0 Å². The lowest BCUT2D eigenvalue weighted by Crippen LogP contribution is -2.21. The second-order valence-electron chi connectivity index (χ2n) is 3.32. The van der Waals surface area contributed by atoms with Crippen molar-refractivity contribution >= 4 is 17.9 Å². The van der Waals surface area contributed by atoms with Gasteiger partial charge in [-0.1, -0.05) is 22.8 Å². The van der Waals surface area contributed by atoms with E-state index in [9.17, 15) is 15.0 Å². The summed E-state index contributed by atoms with van der Waals surface area (Å²) in [5.74, 6) is 0. The van der Waals surface area contributed by atoms with Crippen molar-refractivity contribution in [3.05, 3.63) is 44.8 Å². The van der Waals surface area contributed by atoms with Crippen LogP contribution in [0, 0.1) is 0 Å². The van der Waals surface area contributed by atoms with Gasteiger partial charge in [-0.3, -0.25) is 4.79 Å². The summed E-state index contributed by atoms with van der Waals surface area (Å²) >= 11 is 5.72. The summed E-state index contributed by atoms with van der Waals surface area (Å²) in [6.45, 7) is -0.253. The van der Waals surface area contributed by atoms with Gasteiger partial charge < -0.3 is 10.2 Å². The Bertz CT molecular complexity index is 460. The lowest BCUT2D eigenvalue weighted by molar-refractivity contribution is 0.0244. The highest BCUT2D eigenvalue weighted by molar-refractivity contribution is 6.32. The van der Waals surface area contributed by atoms with Gasteiger partial charge in [-0.25, -0.2) is 0 Å². The Balaban J connectivity index is 2.91. The Morgan fingerprint density at radius 2 is 2.24 bits per heavy atom. The number of aliphatic hydroxyl groups is 2. The normalized spacial score (nSPS) is 13.6. The first-order valence-corrected chi connectivity index (χ1v) is 5.09. The van der Waals surface area contributed by atoms with Crippen LogP contribution in [0.5, 0.6) is 0 Å². The number of aliphatic hydroxyl groups excluding tert-OH is 2. The van der Waals surface area contributed by atoms with Crippen LogP contribution in [0.4, 0.5) is 0 Å². The van der Waals surface area contributed by atoms with Crippen molar-refractivity contribution in [2.45, 2.75) is 12.2 Å². The maximum Gasteiger partial charge on any atom is 0.151 e. The van der Waals surface area contributed by atoms with Gasteiger partial charge >= 0.3 is 0 Å². The van der Waals surface area contributed by atoms with Crippen LogP contribution in [0.15, 0.2) is 23.3 Å². The number of nitrogens with zero attached hydrogens (tertiary/aromatic N) is 3. The summed E-state index contributed by atoms with van der Waals surface area (Å²) in [5.41, 5.74) is 8.64. The van der Waals surface area contributed by atoms with Crippen LogP contribution >= 0.6 is 11.6 Å². The van der Waals surface area contributed by atoms with Crippen LogP contribution in [0.1, 0.15) is 22.0 Å². The van der Waals surface area contributed by atoms with Crippen molar-refractivity contribution in [2.24, 2.45) is 5.11 Å². The summed E-state index contributed by atoms with van der Waals surface area (Å²) < 4.78 is 0. The van der Waals surface area contributed by atoms with E-state index in [0.29, 0.717) is 11.8 Å². The lowest BCUT2D eigenvalue weighted by atomic mass is 10.0. The molecule has 0 radical (unpaired) electrons. The van der Waals surface area contributed by atoms with Crippen molar-refractivity contribution in [1.82, 2.24) is 0 Å². The molecule has 2 N–H and O–H groups in total. The first-order chi connectivity index (χ1) is 8.10. The molecule has 0 aliphatic heterocycles. The summed E-state index contributed by atoms with van der Waals surface area (Å²) in [4.78, 5) is 13.1. The molecule has 2 atom stereocenters. The molecule has 6 nitrogen and oxygen atoms in total. The van der Waals surface area contributed by atoms with Crippen LogP contribution in [-0.4, -0.2) is 29.1 Å². The fourth-order valence-corrected chi connectivity index (χ4v) is 1.44. The van der Waals surface area contributed by atoms with Gasteiger partial charge in [0.2, 0.25) is 0 Å². The van der Waals surface area contributed by atoms with E-state index in [-0.39, 0.29) is 17.1 Å². The molecule has 90 valence electrons. The first kappa shape index (κ1) is 13.5. The number of azide groups is 1. The molecule has 0 spiro atoms. The number of rotatable bonds is 5. The maximum absolute atomic E-state index is 10.6. The third kappa shape index (κ3) is 3.44. The van der Waals surface area contributed by atoms with Crippen LogP contribution in [0.2, 0.25) is 5.02 Å². The van der Waals surface area contributed by atoms with Crippen molar-refractivity contribution in [1.29, 1.82) is 0 Å². The Kier molecular flexibility index (Phi) is 4.93. The molecule has 0 heterocycles. The lowest BCUT2D eigenvalue weighted by Gasteiger charge is -2.16. The maximum atomic E-state index is 10.6. The van der Waals surface area contributed by atoms with E-state index in [1.54, 1.807) is 0 Å². The highest BCUT2D eigenvalue weighted by Gasteiger charge is 2.18. The highest BCUT2D eigenvalue weighted by Crippen LogP contribution is 2.22. The van der Waals surface area contributed by atoms with Crippen LogP contribution in [0.3, 0.4) is 0 Å². The highest BCUT2D eigenvalue weighted by atomic mass is 35.5. The summed E-state index contributed by atoms with van der Waals surface area (Å²) in [6, 6.07) is 4.31. The zero-order valence-electron chi connectivity index (χ0n) is 8.69. The average molecular weight is 256 g/mol. The fraction of sp³-hybridized carbons (Fsp3) is 0.300. The number of hydrogen-bond acceptors (Lipinski definition) is 4. The van der Waals surface area contributed by atoms with E-state index in [1.165, 1.54) is 18.2 Å². The van der Waals surface area contributed by atoms with Crippen LogP contribution in [0.25, 0.3) is 10.4 Å². The molecular formula is C10H10ClN3O3. The van der Waals surface area contributed by atoms with E-state index >= 15 is 0 Å². The van der Waals surface area contributed by atoms with Gasteiger partial charge in [0.1, 0.15) is 6.10 Å². The van der Waals surface area contributed by atoms with E-state index in [4.69, 9.17) is 17.1 Å². The fourth-order valence-electron chi connectivity index (χ4n) is 1.28. The van der Waals surface area contributed by atoms with Gasteiger partial charge in [-0.2, -0.15) is 0 Å². The van der Waals surface area contributed by atoms with Gasteiger partial charge in [0.25, 0.3) is 0 Å². The molecule has 0 aliphatic rings. The third-order valence-electron chi connectivity index (χ3n) is 2.18. The number of carbonyl (C=O) groups excluding carboxylic acids is 1. The Morgan fingerprint density at radius 1 is 1.53 bits per heavy atom. The molecule has 0 saturated heterocycles. The molecule has 0 amide bonds. The number of carbonyl (C=O) groups is 1. The molecule has 0 fully saturated rings. The molecular weight excluding hydrogens is 246 g/mol. The van der Waals surface area contributed by atoms with Crippen molar-refractivity contribution in [2.75, 3.05) is 6.54 Å². The number of hydrogen-bond donors (Lipinski definition) is 2. The predicted octanol–water partition coefficient (Wildman–Crippen LogP) is 1.86. The Hall–Kier alpha value is -1.59. The van der Waals surface area contributed by atoms with E-state index < -0.39 is 12.2 Å². The Labute approximate surface area is 102 Å². The first-order valence-electron chi connectivity index (χ1n) is 4.71. The van der Waals surface area contributed by atoms with Gasteiger partial charge in [-0.15, -0.1) is 0 Å². The Morgan fingerprint density at radius 3 is 2.82 bits per heavy atom. The quantitative estimate of drug-likeness (QED) is 0.363. The number of halogens is 1. The molecule has 7 heteroatoms. The van der Waals surface area contributed by atoms with E-state index in [0.717, 1.165) is 0 Å². The second kappa shape index (κ2) is 6.22. The molecule has 0 bridgehead atoms. The molecule has 1 aromatic rings. The third-order valence-corrected chi connectivity index (χ3v) is 2.53. The molecule has 0 aromatic heterocycles. The average Bonchev–Trinajstić information content (AvgIpc) is 2.35. The smallest absolute Gasteiger partial charge is 0.151 e. The van der Waals surface area contributed by atoms with Gasteiger partial charge in [0.15, 0.2) is 6.29 Å². The predicted molar refractivity (Wildman–Crippen MR) is 61.8 cm³/mol. The van der Waals surface area contributed by atoms with Crippen molar-refractivity contribution in [3.8, 4) is 0 Å². The molecule has 2 unspecified atom stereocenters. The van der Waals surface area contributed by atoms with Gasteiger partial charge in [0.05, 0.1) is 17.7 Å². The summed E-state index contributed by atoms with van der Waals surface area (Å²) in [6.07, 6.45) is -1.92. The van der Waals surface area contributed by atoms with Gasteiger partial charge in [0, 0.05) is 10.5 Å². The van der Waals surface area contributed by atoms with Crippen molar-refractivity contribution < 1.29 is 15.0 Å². The zero-order chi connectivity index (χ0) is 12.8. The minimum Gasteiger partial charge on any atom is -0.390 e. The molecule has 1 aromatic carbocycles. The second-order valence-corrected chi connectivity index (χ2v) is 3.73. The molecule has 17 heavy (non-hydrogen) atoms. The summed E-state index contributed by atoms with van der Waals surface area (Å²) in [5, 5.41) is 22.7. The number of aldehydes is 1. The number of benzene rings is 1. The minimum atomic E-state index is -1.24. The van der Waals surface area contributed by atoms with Gasteiger partial charge in [-0.05, 0) is 23.2 Å². The standard InChI is InChI=1S/C10H10ClN3O3/c11-8-2-1-6(3-7(8)5-15)10(17)9(16)4-13-14-12/h1-3,5,9-10,16-17H,4H2.